The standard InChI is InChI=1S/C15H14F2N4O8S/c1-27-10-6-11(28-2)19-14(18-10)20-15(24)21-30(25,26)9-5-7(29-13(16)17)3-4-8(9)12(22)23/h3-6,13H,1-2H3,(H,22,23)(H2,18,19,20,21,24). The number of halogens is 2. The number of hydrogen-bond acceptors (Lipinski definition) is 9. The number of methoxy groups -OCH3 is 2. The Kier molecular flexibility index (Phi) is 6.89. The number of carbonyl (C=O) groups is 2. The monoisotopic (exact) mass is 448 g/mol. The summed E-state index contributed by atoms with van der Waals surface area (Å²) in [5, 5.41) is 11.2. The van der Waals surface area contributed by atoms with Gasteiger partial charge in [-0.1, -0.05) is 0 Å². The van der Waals surface area contributed by atoms with Crippen LogP contribution in [0.5, 0.6) is 17.5 Å². The number of urea groups is 1. The predicted molar refractivity (Wildman–Crippen MR) is 94.5 cm³/mol. The van der Waals surface area contributed by atoms with Crippen LogP contribution in [0.1, 0.15) is 10.4 Å². The van der Waals surface area contributed by atoms with Crippen LogP contribution in [0.15, 0.2) is 29.2 Å². The van der Waals surface area contributed by atoms with Gasteiger partial charge in [-0.2, -0.15) is 18.7 Å². The van der Waals surface area contributed by atoms with Gasteiger partial charge in [0.2, 0.25) is 17.7 Å². The number of carbonyl (C=O) groups excluding carboxylic acids is 1. The Morgan fingerprint density at radius 2 is 1.70 bits per heavy atom. The summed E-state index contributed by atoms with van der Waals surface area (Å²) in [5.74, 6) is -2.72. The zero-order chi connectivity index (χ0) is 22.5. The maximum atomic E-state index is 12.5. The minimum absolute atomic E-state index is 0.00924. The van der Waals surface area contributed by atoms with Gasteiger partial charge in [-0.3, -0.25) is 5.32 Å². The zero-order valence-corrected chi connectivity index (χ0v) is 16.1. The molecule has 0 atom stereocenters. The van der Waals surface area contributed by atoms with Crippen molar-refractivity contribution >= 4 is 28.0 Å². The molecule has 2 rings (SSSR count). The van der Waals surface area contributed by atoms with Crippen molar-refractivity contribution in [3.05, 3.63) is 29.8 Å². The number of aromatic carboxylic acids is 1. The third kappa shape index (κ3) is 5.63. The van der Waals surface area contributed by atoms with E-state index in [1.165, 1.54) is 25.0 Å². The quantitative estimate of drug-likeness (QED) is 0.536. The second kappa shape index (κ2) is 9.17. The molecule has 3 N–H and O–H groups in total. The van der Waals surface area contributed by atoms with Crippen molar-refractivity contribution in [2.24, 2.45) is 0 Å². The van der Waals surface area contributed by atoms with Crippen LogP contribution >= 0.6 is 0 Å². The smallest absolute Gasteiger partial charge is 0.387 e. The maximum Gasteiger partial charge on any atom is 0.387 e. The molecule has 30 heavy (non-hydrogen) atoms. The number of benzene rings is 1. The molecular weight excluding hydrogens is 434 g/mol. The number of rotatable bonds is 8. The number of hydrogen-bond donors (Lipinski definition) is 3. The van der Waals surface area contributed by atoms with Gasteiger partial charge >= 0.3 is 18.6 Å². The lowest BCUT2D eigenvalue weighted by molar-refractivity contribution is -0.0500. The Morgan fingerprint density at radius 1 is 1.10 bits per heavy atom. The van der Waals surface area contributed by atoms with Crippen molar-refractivity contribution in [3.8, 4) is 17.5 Å². The van der Waals surface area contributed by atoms with Crippen LogP contribution in [0, 0.1) is 0 Å². The van der Waals surface area contributed by atoms with E-state index < -0.39 is 50.8 Å². The van der Waals surface area contributed by atoms with Crippen molar-refractivity contribution < 1.29 is 46.1 Å². The summed E-state index contributed by atoms with van der Waals surface area (Å²) < 4.78 is 65.1. The molecule has 15 heteroatoms. The van der Waals surface area contributed by atoms with Gasteiger partial charge in [-0.05, 0) is 12.1 Å². The number of nitrogens with zero attached hydrogens (tertiary/aromatic N) is 2. The van der Waals surface area contributed by atoms with Gasteiger partial charge in [0, 0.05) is 6.07 Å². The summed E-state index contributed by atoms with van der Waals surface area (Å²) in [6.45, 7) is -3.28. The molecule has 0 spiro atoms. The molecule has 2 aromatic rings. The van der Waals surface area contributed by atoms with E-state index >= 15 is 0 Å². The molecule has 0 aliphatic carbocycles. The van der Waals surface area contributed by atoms with E-state index in [4.69, 9.17) is 14.6 Å². The van der Waals surface area contributed by atoms with E-state index in [9.17, 15) is 26.8 Å². The minimum Gasteiger partial charge on any atom is -0.481 e. The van der Waals surface area contributed by atoms with Crippen LogP contribution in [-0.2, 0) is 10.0 Å². The van der Waals surface area contributed by atoms with Crippen molar-refractivity contribution in [3.63, 3.8) is 0 Å². The summed E-state index contributed by atoms with van der Waals surface area (Å²) in [7, 11) is -2.28. The number of aromatic nitrogens is 2. The Morgan fingerprint density at radius 3 is 2.20 bits per heavy atom. The van der Waals surface area contributed by atoms with Gasteiger partial charge in [0.15, 0.2) is 0 Å². The van der Waals surface area contributed by atoms with Crippen molar-refractivity contribution in [2.45, 2.75) is 11.5 Å². The van der Waals surface area contributed by atoms with Crippen LogP contribution in [0.3, 0.4) is 0 Å². The number of carboxylic acids is 1. The summed E-state index contributed by atoms with van der Waals surface area (Å²) in [6, 6.07) is 2.03. The number of carboxylic acid groups (broad SMARTS) is 1. The number of ether oxygens (including phenoxy) is 3. The Bertz CT molecular complexity index is 1040. The molecule has 0 saturated carbocycles. The van der Waals surface area contributed by atoms with E-state index in [1.807, 2.05) is 5.32 Å². The summed E-state index contributed by atoms with van der Waals surface area (Å²) in [4.78, 5) is 29.9. The molecule has 0 bridgehead atoms. The zero-order valence-electron chi connectivity index (χ0n) is 15.3. The van der Waals surface area contributed by atoms with Gasteiger partial charge in [0.1, 0.15) is 10.6 Å². The number of amides is 2. The number of alkyl halides is 2. The lowest BCUT2D eigenvalue weighted by Crippen LogP contribution is -2.35. The third-order valence-electron chi connectivity index (χ3n) is 3.25. The largest absolute Gasteiger partial charge is 0.481 e. The lowest BCUT2D eigenvalue weighted by Gasteiger charge is -2.12. The van der Waals surface area contributed by atoms with Crippen LogP contribution in [-0.4, -0.2) is 56.3 Å². The first-order valence-corrected chi connectivity index (χ1v) is 9.17. The first-order valence-electron chi connectivity index (χ1n) is 7.68. The fourth-order valence-electron chi connectivity index (χ4n) is 2.05. The maximum absolute atomic E-state index is 12.5. The van der Waals surface area contributed by atoms with Crippen LogP contribution < -0.4 is 24.2 Å². The molecule has 1 aromatic heterocycles. The number of anilines is 1. The fraction of sp³-hybridized carbons (Fsp3) is 0.200. The molecule has 1 heterocycles. The Labute approximate surface area is 167 Å². The van der Waals surface area contributed by atoms with Gasteiger partial charge in [-0.25, -0.2) is 22.7 Å². The van der Waals surface area contributed by atoms with Crippen LogP contribution in [0.4, 0.5) is 19.5 Å². The molecular formula is C15H14F2N4O8S. The number of nitrogens with one attached hydrogen (secondary N) is 2. The fourth-order valence-corrected chi connectivity index (χ4v) is 3.17. The average molecular weight is 448 g/mol. The summed E-state index contributed by atoms with van der Waals surface area (Å²) in [5.41, 5.74) is -0.781. The molecule has 0 radical (unpaired) electrons. The van der Waals surface area contributed by atoms with Crippen molar-refractivity contribution in [1.29, 1.82) is 0 Å². The lowest BCUT2D eigenvalue weighted by atomic mass is 10.2. The van der Waals surface area contributed by atoms with E-state index in [0.717, 1.165) is 12.1 Å². The molecule has 0 fully saturated rings. The van der Waals surface area contributed by atoms with Gasteiger partial charge in [-0.15, -0.1) is 0 Å². The van der Waals surface area contributed by atoms with Gasteiger partial charge < -0.3 is 19.3 Å². The van der Waals surface area contributed by atoms with Gasteiger partial charge in [0.25, 0.3) is 10.0 Å². The molecule has 0 aliphatic rings. The van der Waals surface area contributed by atoms with Crippen LogP contribution in [0.2, 0.25) is 0 Å². The SMILES string of the molecule is COc1cc(OC)nc(NC(=O)NS(=O)(=O)c2cc(OC(F)F)ccc2C(=O)O)n1. The van der Waals surface area contributed by atoms with Crippen molar-refractivity contribution in [2.75, 3.05) is 19.5 Å². The highest BCUT2D eigenvalue weighted by atomic mass is 32.2. The minimum atomic E-state index is -4.83. The second-order valence-electron chi connectivity index (χ2n) is 5.18. The molecule has 162 valence electrons. The highest BCUT2D eigenvalue weighted by molar-refractivity contribution is 7.90. The Hall–Kier alpha value is -3.75. The van der Waals surface area contributed by atoms with E-state index in [2.05, 4.69) is 14.7 Å². The first kappa shape index (κ1) is 22.5. The molecule has 0 unspecified atom stereocenters. The second-order valence-corrected chi connectivity index (χ2v) is 6.83. The summed E-state index contributed by atoms with van der Waals surface area (Å²) in [6.07, 6.45) is 0. The molecule has 2 amide bonds. The van der Waals surface area contributed by atoms with Crippen molar-refractivity contribution in [1.82, 2.24) is 14.7 Å². The third-order valence-corrected chi connectivity index (χ3v) is 4.62. The highest BCUT2D eigenvalue weighted by Crippen LogP contribution is 2.24. The summed E-state index contributed by atoms with van der Waals surface area (Å²) >= 11 is 0. The molecule has 1 aromatic carbocycles. The highest BCUT2D eigenvalue weighted by Gasteiger charge is 2.26. The normalized spacial score (nSPS) is 11.0. The van der Waals surface area contributed by atoms with E-state index in [0.29, 0.717) is 6.07 Å². The number of sulfonamides is 1. The van der Waals surface area contributed by atoms with Gasteiger partial charge in [0.05, 0.1) is 25.8 Å². The topological polar surface area (TPSA) is 166 Å². The predicted octanol–water partition coefficient (Wildman–Crippen LogP) is 1.30. The first-order chi connectivity index (χ1) is 14.1. The Balaban J connectivity index is 2.31. The molecule has 0 aliphatic heterocycles. The molecule has 12 nitrogen and oxygen atoms in total. The van der Waals surface area contributed by atoms with E-state index in [1.54, 1.807) is 0 Å². The van der Waals surface area contributed by atoms with Crippen LogP contribution in [0.25, 0.3) is 0 Å². The molecule has 0 saturated heterocycles. The van der Waals surface area contributed by atoms with E-state index in [-0.39, 0.29) is 11.8 Å². The average Bonchev–Trinajstić information content (AvgIpc) is 2.66.